The highest BCUT2D eigenvalue weighted by atomic mass is 19.1. The van der Waals surface area contributed by atoms with Gasteiger partial charge in [0.25, 0.3) is 0 Å². The van der Waals surface area contributed by atoms with Gasteiger partial charge < -0.3 is 15.5 Å². The summed E-state index contributed by atoms with van der Waals surface area (Å²) in [7, 11) is 0. The van der Waals surface area contributed by atoms with Crippen LogP contribution in [0.4, 0.5) is 9.18 Å². The number of carbonyl (C=O) groups is 2. The summed E-state index contributed by atoms with van der Waals surface area (Å²) in [5, 5.41) is 5.93. The van der Waals surface area contributed by atoms with E-state index in [0.29, 0.717) is 38.0 Å². The van der Waals surface area contributed by atoms with Crippen LogP contribution < -0.4 is 10.6 Å². The van der Waals surface area contributed by atoms with Crippen molar-refractivity contribution in [3.63, 3.8) is 0 Å². The van der Waals surface area contributed by atoms with Gasteiger partial charge in [-0.1, -0.05) is 31.5 Å². The Labute approximate surface area is 183 Å². The molecule has 0 unspecified atom stereocenters. The molecule has 7 heteroatoms. The minimum absolute atomic E-state index is 0.0658. The minimum Gasteiger partial charge on any atom is -0.352 e. The van der Waals surface area contributed by atoms with Crippen molar-refractivity contribution in [3.05, 3.63) is 65.2 Å². The number of benzene rings is 1. The average molecular weight is 427 g/mol. The number of rotatable bonds is 7. The number of amides is 3. The van der Waals surface area contributed by atoms with Gasteiger partial charge in [-0.05, 0) is 55.0 Å². The van der Waals surface area contributed by atoms with Crippen LogP contribution in [0.2, 0.25) is 0 Å². The Kier molecular flexibility index (Phi) is 7.98. The Morgan fingerprint density at radius 1 is 1.23 bits per heavy atom. The van der Waals surface area contributed by atoms with Crippen LogP contribution in [0, 0.1) is 18.7 Å². The summed E-state index contributed by atoms with van der Waals surface area (Å²) >= 11 is 0. The summed E-state index contributed by atoms with van der Waals surface area (Å²) in [6, 6.07) is 8.38. The molecule has 6 nitrogen and oxygen atoms in total. The second-order valence-corrected chi connectivity index (χ2v) is 8.12. The summed E-state index contributed by atoms with van der Waals surface area (Å²) in [4.78, 5) is 31.6. The lowest BCUT2D eigenvalue weighted by Crippen LogP contribution is -2.50. The van der Waals surface area contributed by atoms with E-state index in [0.717, 1.165) is 24.0 Å². The average Bonchev–Trinajstić information content (AvgIpc) is 2.79. The number of nitrogens with one attached hydrogen (secondary N) is 2. The molecule has 0 spiro atoms. The second kappa shape index (κ2) is 10.9. The van der Waals surface area contributed by atoms with Crippen LogP contribution in [0.3, 0.4) is 0 Å². The molecule has 3 amide bonds. The first kappa shape index (κ1) is 22.7. The maximum Gasteiger partial charge on any atom is 0.317 e. The Morgan fingerprint density at radius 3 is 2.77 bits per heavy atom. The van der Waals surface area contributed by atoms with Gasteiger partial charge in [0, 0.05) is 32.0 Å². The SMILES string of the molecule is CCCCNC(=O)N1C[C@@H](C(=O)NCc2cccnc2)CC[C@H]1c1ccc(F)c(C)c1. The molecule has 1 aliphatic heterocycles. The predicted molar refractivity (Wildman–Crippen MR) is 118 cm³/mol. The van der Waals surface area contributed by atoms with Crippen molar-refractivity contribution < 1.29 is 14.0 Å². The molecule has 2 atom stereocenters. The van der Waals surface area contributed by atoms with E-state index in [4.69, 9.17) is 0 Å². The van der Waals surface area contributed by atoms with Gasteiger partial charge in [-0.25, -0.2) is 9.18 Å². The number of halogens is 1. The molecule has 0 bridgehead atoms. The van der Waals surface area contributed by atoms with Gasteiger partial charge >= 0.3 is 6.03 Å². The van der Waals surface area contributed by atoms with Crippen molar-refractivity contribution in [2.24, 2.45) is 5.92 Å². The van der Waals surface area contributed by atoms with Crippen LogP contribution in [0.25, 0.3) is 0 Å². The van der Waals surface area contributed by atoms with Gasteiger partial charge in [-0.2, -0.15) is 0 Å². The second-order valence-electron chi connectivity index (χ2n) is 8.12. The molecule has 1 fully saturated rings. The third-order valence-electron chi connectivity index (χ3n) is 5.78. The van der Waals surface area contributed by atoms with Gasteiger partial charge in [0.1, 0.15) is 5.82 Å². The number of piperidine rings is 1. The summed E-state index contributed by atoms with van der Waals surface area (Å²) in [6.07, 6.45) is 6.62. The van der Waals surface area contributed by atoms with Gasteiger partial charge in [0.15, 0.2) is 0 Å². The lowest BCUT2D eigenvalue weighted by Gasteiger charge is -2.39. The first-order valence-electron chi connectivity index (χ1n) is 11.0. The number of hydrogen-bond acceptors (Lipinski definition) is 3. The van der Waals surface area contributed by atoms with Crippen LogP contribution >= 0.6 is 0 Å². The van der Waals surface area contributed by atoms with E-state index in [1.54, 1.807) is 36.4 Å². The number of urea groups is 1. The molecule has 3 rings (SSSR count). The predicted octanol–water partition coefficient (Wildman–Crippen LogP) is 4.11. The van der Waals surface area contributed by atoms with Crippen molar-refractivity contribution in [2.45, 2.75) is 52.1 Å². The number of unbranched alkanes of at least 4 members (excludes halogenated alkanes) is 1. The first-order chi connectivity index (χ1) is 15.0. The van der Waals surface area contributed by atoms with Crippen molar-refractivity contribution in [1.29, 1.82) is 0 Å². The molecule has 0 aliphatic carbocycles. The highest BCUT2D eigenvalue weighted by molar-refractivity contribution is 5.81. The fourth-order valence-corrected chi connectivity index (χ4v) is 3.94. The smallest absolute Gasteiger partial charge is 0.317 e. The molecular formula is C24H31FN4O2. The maximum atomic E-state index is 13.8. The summed E-state index contributed by atoms with van der Waals surface area (Å²) in [5.41, 5.74) is 2.39. The van der Waals surface area contributed by atoms with E-state index in [-0.39, 0.29) is 29.7 Å². The van der Waals surface area contributed by atoms with Gasteiger partial charge in [-0.15, -0.1) is 0 Å². The number of aromatic nitrogens is 1. The summed E-state index contributed by atoms with van der Waals surface area (Å²) in [5.74, 6) is -0.610. The van der Waals surface area contributed by atoms with Crippen LogP contribution in [0.5, 0.6) is 0 Å². The zero-order valence-corrected chi connectivity index (χ0v) is 18.2. The lowest BCUT2D eigenvalue weighted by molar-refractivity contribution is -0.126. The topological polar surface area (TPSA) is 74.3 Å². The lowest BCUT2D eigenvalue weighted by atomic mass is 9.88. The van der Waals surface area contributed by atoms with Crippen molar-refractivity contribution >= 4 is 11.9 Å². The molecule has 0 saturated carbocycles. The van der Waals surface area contributed by atoms with E-state index in [9.17, 15) is 14.0 Å². The third kappa shape index (κ3) is 6.03. The normalized spacial score (nSPS) is 18.5. The van der Waals surface area contributed by atoms with Crippen molar-refractivity contribution in [2.75, 3.05) is 13.1 Å². The zero-order chi connectivity index (χ0) is 22.2. The maximum absolute atomic E-state index is 13.8. The number of aryl methyl sites for hydroxylation is 1. The van der Waals surface area contributed by atoms with E-state index >= 15 is 0 Å². The van der Waals surface area contributed by atoms with Crippen molar-refractivity contribution in [1.82, 2.24) is 20.5 Å². The number of likely N-dealkylation sites (tertiary alicyclic amines) is 1. The minimum atomic E-state index is -0.286. The van der Waals surface area contributed by atoms with Crippen molar-refractivity contribution in [3.8, 4) is 0 Å². The first-order valence-corrected chi connectivity index (χ1v) is 11.0. The van der Waals surface area contributed by atoms with Gasteiger partial charge in [0.2, 0.25) is 5.91 Å². The van der Waals surface area contributed by atoms with E-state index < -0.39 is 0 Å². The largest absolute Gasteiger partial charge is 0.352 e. The molecule has 2 aromatic rings. The molecule has 1 saturated heterocycles. The quantitative estimate of drug-likeness (QED) is 0.655. The Morgan fingerprint density at radius 2 is 2.06 bits per heavy atom. The number of pyridine rings is 1. The molecule has 166 valence electrons. The molecule has 2 N–H and O–H groups in total. The van der Waals surface area contributed by atoms with E-state index in [2.05, 4.69) is 22.5 Å². The van der Waals surface area contributed by atoms with E-state index in [1.807, 2.05) is 12.1 Å². The van der Waals surface area contributed by atoms with Crippen LogP contribution in [0.1, 0.15) is 55.3 Å². The summed E-state index contributed by atoms with van der Waals surface area (Å²) in [6.45, 7) is 5.13. The Balaban J connectivity index is 1.71. The Hall–Kier alpha value is -2.96. The third-order valence-corrected chi connectivity index (χ3v) is 5.78. The zero-order valence-electron chi connectivity index (χ0n) is 18.2. The highest BCUT2D eigenvalue weighted by Crippen LogP contribution is 2.34. The molecule has 2 heterocycles. The molecular weight excluding hydrogens is 395 g/mol. The fourth-order valence-electron chi connectivity index (χ4n) is 3.94. The van der Waals surface area contributed by atoms with E-state index in [1.165, 1.54) is 6.07 Å². The van der Waals surface area contributed by atoms with Crippen LogP contribution in [-0.4, -0.2) is 34.9 Å². The fraction of sp³-hybridized carbons (Fsp3) is 0.458. The number of nitrogens with zero attached hydrogens (tertiary/aromatic N) is 2. The Bertz CT molecular complexity index is 890. The molecule has 1 aliphatic rings. The number of carbonyl (C=O) groups excluding carboxylic acids is 2. The number of hydrogen-bond donors (Lipinski definition) is 2. The highest BCUT2D eigenvalue weighted by Gasteiger charge is 2.35. The molecule has 1 aromatic carbocycles. The molecule has 0 radical (unpaired) electrons. The molecule has 31 heavy (non-hydrogen) atoms. The monoisotopic (exact) mass is 426 g/mol. The van der Waals surface area contributed by atoms with Crippen LogP contribution in [0.15, 0.2) is 42.7 Å². The standard InChI is InChI=1S/C24H31FN4O2/c1-3-4-12-27-24(31)29-16-20(23(30)28-15-18-6-5-11-26-14-18)8-10-22(29)19-7-9-21(25)17(2)13-19/h5-7,9,11,13-14,20,22H,3-4,8,10,12,15-16H2,1-2H3,(H,27,31)(H,28,30)/t20-,22-/m0/s1. The summed E-state index contributed by atoms with van der Waals surface area (Å²) < 4.78 is 13.8. The van der Waals surface area contributed by atoms with Gasteiger partial charge in [-0.3, -0.25) is 9.78 Å². The van der Waals surface area contributed by atoms with Gasteiger partial charge in [0.05, 0.1) is 12.0 Å². The van der Waals surface area contributed by atoms with Crippen LogP contribution in [-0.2, 0) is 11.3 Å². The molecule has 1 aromatic heterocycles.